The van der Waals surface area contributed by atoms with E-state index in [1.165, 1.54) is 0 Å². The molecule has 1 aromatic carbocycles. The van der Waals surface area contributed by atoms with E-state index in [0.717, 1.165) is 17.8 Å². The van der Waals surface area contributed by atoms with Crippen molar-refractivity contribution >= 4 is 0 Å². The highest BCUT2D eigenvalue weighted by atomic mass is 16.5. The summed E-state index contributed by atoms with van der Waals surface area (Å²) in [6, 6.07) is 11.4. The molecule has 4 heteroatoms. The quantitative estimate of drug-likeness (QED) is 0.910. The third kappa shape index (κ3) is 3.09. The summed E-state index contributed by atoms with van der Waals surface area (Å²) in [6.07, 6.45) is 1.71. The van der Waals surface area contributed by atoms with Crippen molar-refractivity contribution in [2.75, 3.05) is 7.05 Å². The number of rotatable bonds is 4. The fraction of sp³-hybridized carbons (Fsp3) is 0.200. The SMILES string of the molecule is CNCc1ccc(Oc2cccnc2C)c(C#N)c1. The molecule has 0 radical (unpaired) electrons. The van der Waals surface area contributed by atoms with Gasteiger partial charge in [0.15, 0.2) is 0 Å². The second-order valence-corrected chi connectivity index (χ2v) is 4.16. The highest BCUT2D eigenvalue weighted by Gasteiger charge is 2.07. The van der Waals surface area contributed by atoms with Crippen molar-refractivity contribution in [1.29, 1.82) is 5.26 Å². The molecular weight excluding hydrogens is 238 g/mol. The Balaban J connectivity index is 2.31. The Morgan fingerprint density at radius 2 is 2.16 bits per heavy atom. The number of ether oxygens (including phenoxy) is 1. The van der Waals surface area contributed by atoms with E-state index in [1.807, 2.05) is 44.3 Å². The van der Waals surface area contributed by atoms with Crippen LogP contribution in [0.4, 0.5) is 0 Å². The van der Waals surface area contributed by atoms with Crippen molar-refractivity contribution in [3.05, 3.63) is 53.3 Å². The molecule has 2 rings (SSSR count). The number of hydrogen-bond acceptors (Lipinski definition) is 4. The number of aromatic nitrogens is 1. The number of nitrogens with one attached hydrogen (secondary N) is 1. The first-order chi connectivity index (χ1) is 9.24. The molecule has 1 N–H and O–H groups in total. The number of pyridine rings is 1. The van der Waals surface area contributed by atoms with Gasteiger partial charge in [0.25, 0.3) is 0 Å². The molecule has 0 saturated carbocycles. The molecule has 1 aromatic heterocycles. The predicted octanol–water partition coefficient (Wildman–Crippen LogP) is 2.77. The molecular formula is C15H15N3O. The van der Waals surface area contributed by atoms with Crippen molar-refractivity contribution in [2.45, 2.75) is 13.5 Å². The van der Waals surface area contributed by atoms with Gasteiger partial charge in [0.2, 0.25) is 0 Å². The second kappa shape index (κ2) is 5.98. The van der Waals surface area contributed by atoms with Gasteiger partial charge in [-0.1, -0.05) is 6.07 Å². The molecule has 1 heterocycles. The highest BCUT2D eigenvalue weighted by Crippen LogP contribution is 2.27. The largest absolute Gasteiger partial charge is 0.454 e. The lowest BCUT2D eigenvalue weighted by Gasteiger charge is -2.10. The van der Waals surface area contributed by atoms with E-state index in [9.17, 15) is 5.26 Å². The number of hydrogen-bond donors (Lipinski definition) is 1. The van der Waals surface area contributed by atoms with Gasteiger partial charge in [-0.25, -0.2) is 0 Å². The molecule has 0 aliphatic rings. The van der Waals surface area contributed by atoms with Gasteiger partial charge in [0.1, 0.15) is 17.6 Å². The zero-order valence-corrected chi connectivity index (χ0v) is 11.0. The summed E-state index contributed by atoms with van der Waals surface area (Å²) in [7, 11) is 1.87. The fourth-order valence-corrected chi connectivity index (χ4v) is 1.76. The molecule has 0 saturated heterocycles. The number of nitrogens with zero attached hydrogens (tertiary/aromatic N) is 2. The van der Waals surface area contributed by atoms with Crippen molar-refractivity contribution < 1.29 is 4.74 Å². The zero-order valence-electron chi connectivity index (χ0n) is 11.0. The maximum Gasteiger partial charge on any atom is 0.148 e. The molecule has 0 atom stereocenters. The maximum absolute atomic E-state index is 9.19. The van der Waals surface area contributed by atoms with Gasteiger partial charge in [-0.15, -0.1) is 0 Å². The Hall–Kier alpha value is -2.38. The minimum atomic E-state index is 0.524. The van der Waals surface area contributed by atoms with Gasteiger partial charge in [-0.2, -0.15) is 5.26 Å². The maximum atomic E-state index is 9.19. The Morgan fingerprint density at radius 3 is 2.84 bits per heavy atom. The van der Waals surface area contributed by atoms with Crippen LogP contribution in [0.5, 0.6) is 11.5 Å². The lowest BCUT2D eigenvalue weighted by Crippen LogP contribution is -2.05. The monoisotopic (exact) mass is 253 g/mol. The molecule has 0 amide bonds. The molecule has 2 aromatic rings. The van der Waals surface area contributed by atoms with Crippen LogP contribution in [0.2, 0.25) is 0 Å². The third-order valence-electron chi connectivity index (χ3n) is 2.72. The summed E-state index contributed by atoms with van der Waals surface area (Å²) in [4.78, 5) is 4.16. The Morgan fingerprint density at radius 1 is 1.32 bits per heavy atom. The van der Waals surface area contributed by atoms with Crippen LogP contribution >= 0.6 is 0 Å². The summed E-state index contributed by atoms with van der Waals surface area (Å²) in [5, 5.41) is 12.2. The normalized spacial score (nSPS) is 9.95. The van der Waals surface area contributed by atoms with Gasteiger partial charge in [-0.3, -0.25) is 4.98 Å². The molecule has 0 spiro atoms. The topological polar surface area (TPSA) is 57.9 Å². The molecule has 0 fully saturated rings. The van der Waals surface area contributed by atoms with Crippen LogP contribution in [0.1, 0.15) is 16.8 Å². The first-order valence-corrected chi connectivity index (χ1v) is 6.01. The minimum Gasteiger partial charge on any atom is -0.454 e. The summed E-state index contributed by atoms with van der Waals surface area (Å²) >= 11 is 0. The second-order valence-electron chi connectivity index (χ2n) is 4.16. The Kier molecular flexibility index (Phi) is 4.11. The minimum absolute atomic E-state index is 0.524. The lowest BCUT2D eigenvalue weighted by atomic mass is 10.1. The van der Waals surface area contributed by atoms with Crippen molar-refractivity contribution in [3.8, 4) is 17.6 Å². The van der Waals surface area contributed by atoms with Crippen LogP contribution in [-0.4, -0.2) is 12.0 Å². The summed E-state index contributed by atoms with van der Waals surface area (Å²) in [6.45, 7) is 2.59. The molecule has 0 unspecified atom stereocenters. The van der Waals surface area contributed by atoms with Gasteiger partial charge in [0, 0.05) is 12.7 Å². The average Bonchev–Trinajstić information content (AvgIpc) is 2.43. The summed E-state index contributed by atoms with van der Waals surface area (Å²) in [5.41, 5.74) is 2.37. The first kappa shape index (κ1) is 13.1. The highest BCUT2D eigenvalue weighted by molar-refractivity contribution is 5.47. The van der Waals surface area contributed by atoms with Crippen LogP contribution in [0.3, 0.4) is 0 Å². The fourth-order valence-electron chi connectivity index (χ4n) is 1.76. The van der Waals surface area contributed by atoms with E-state index in [1.54, 1.807) is 6.20 Å². The molecule has 0 aliphatic carbocycles. The van der Waals surface area contributed by atoms with Crippen molar-refractivity contribution in [2.24, 2.45) is 0 Å². The Labute approximate surface area is 112 Å². The molecule has 96 valence electrons. The standard InChI is InChI=1S/C15H15N3O/c1-11-14(4-3-7-18-11)19-15-6-5-12(10-17-2)8-13(15)9-16/h3-8,17H,10H2,1-2H3. The van der Waals surface area contributed by atoms with Gasteiger partial charge >= 0.3 is 0 Å². The Bertz CT molecular complexity index is 617. The van der Waals surface area contributed by atoms with Crippen LogP contribution in [0.15, 0.2) is 36.5 Å². The van der Waals surface area contributed by atoms with Crippen molar-refractivity contribution in [1.82, 2.24) is 10.3 Å². The van der Waals surface area contributed by atoms with Gasteiger partial charge in [0.05, 0.1) is 11.3 Å². The van der Waals surface area contributed by atoms with E-state index in [2.05, 4.69) is 16.4 Å². The van der Waals surface area contributed by atoms with E-state index in [4.69, 9.17) is 4.74 Å². The molecule has 0 aliphatic heterocycles. The van der Waals surface area contributed by atoms with Crippen LogP contribution in [-0.2, 0) is 6.54 Å². The van der Waals surface area contributed by atoms with E-state index >= 15 is 0 Å². The van der Waals surface area contributed by atoms with Crippen LogP contribution in [0, 0.1) is 18.3 Å². The molecule has 0 bridgehead atoms. The summed E-state index contributed by atoms with van der Waals surface area (Å²) in [5.74, 6) is 1.22. The number of benzene rings is 1. The smallest absolute Gasteiger partial charge is 0.148 e. The average molecular weight is 253 g/mol. The van der Waals surface area contributed by atoms with Gasteiger partial charge < -0.3 is 10.1 Å². The van der Waals surface area contributed by atoms with Crippen LogP contribution < -0.4 is 10.1 Å². The van der Waals surface area contributed by atoms with E-state index in [-0.39, 0.29) is 0 Å². The number of nitriles is 1. The predicted molar refractivity (Wildman–Crippen MR) is 73.0 cm³/mol. The van der Waals surface area contributed by atoms with E-state index < -0.39 is 0 Å². The third-order valence-corrected chi connectivity index (χ3v) is 2.72. The summed E-state index contributed by atoms with van der Waals surface area (Å²) < 4.78 is 5.76. The van der Waals surface area contributed by atoms with E-state index in [0.29, 0.717) is 17.1 Å². The molecule has 19 heavy (non-hydrogen) atoms. The number of aryl methyl sites for hydroxylation is 1. The zero-order chi connectivity index (χ0) is 13.7. The first-order valence-electron chi connectivity index (χ1n) is 6.01. The van der Waals surface area contributed by atoms with Gasteiger partial charge in [-0.05, 0) is 43.8 Å². The lowest BCUT2D eigenvalue weighted by molar-refractivity contribution is 0.474. The van der Waals surface area contributed by atoms with Crippen LogP contribution in [0.25, 0.3) is 0 Å². The van der Waals surface area contributed by atoms with Crippen molar-refractivity contribution in [3.63, 3.8) is 0 Å². The molecule has 4 nitrogen and oxygen atoms in total.